The van der Waals surface area contributed by atoms with Gasteiger partial charge in [0, 0.05) is 19.6 Å². The highest BCUT2D eigenvalue weighted by Crippen LogP contribution is 2.25. The van der Waals surface area contributed by atoms with Crippen molar-refractivity contribution in [3.63, 3.8) is 0 Å². The zero-order chi connectivity index (χ0) is 25.0. The van der Waals surface area contributed by atoms with Crippen molar-refractivity contribution in [2.45, 2.75) is 57.4 Å². The number of hydrogen-bond donors (Lipinski definition) is 0. The standard InChI is InChI=1S/C27H33N3O3S2/c1-4-6-8-21-12-15-24-25(18-21)34-27(30(24)16-5-2)28-26(31)22-9-7-17-29(19-22)35(32,33)23-13-10-20(3)11-14-23/h5,10-15,18,22H,2,4,6-9,16-17,19H2,1,3H3. The van der Waals surface area contributed by atoms with Crippen LogP contribution in [-0.4, -0.2) is 36.3 Å². The number of aryl methyl sites for hydroxylation is 2. The second kappa shape index (κ2) is 11.0. The minimum Gasteiger partial charge on any atom is -0.313 e. The molecular weight excluding hydrogens is 478 g/mol. The Morgan fingerprint density at radius 3 is 2.71 bits per heavy atom. The molecule has 2 aromatic carbocycles. The largest absolute Gasteiger partial charge is 0.313 e. The predicted octanol–water partition coefficient (Wildman–Crippen LogP) is 5.07. The van der Waals surface area contributed by atoms with Gasteiger partial charge in [-0.05, 0) is 62.4 Å². The number of sulfonamides is 1. The molecule has 1 aromatic heterocycles. The third kappa shape index (κ3) is 5.66. The summed E-state index contributed by atoms with van der Waals surface area (Å²) >= 11 is 1.50. The molecular formula is C27H33N3O3S2. The van der Waals surface area contributed by atoms with Gasteiger partial charge in [0.25, 0.3) is 5.91 Å². The van der Waals surface area contributed by atoms with E-state index < -0.39 is 15.9 Å². The fourth-order valence-electron chi connectivity index (χ4n) is 4.45. The van der Waals surface area contributed by atoms with Gasteiger partial charge in [0.1, 0.15) is 0 Å². The molecule has 3 aromatic rings. The third-order valence-electron chi connectivity index (χ3n) is 6.48. The number of hydrogen-bond acceptors (Lipinski definition) is 4. The highest BCUT2D eigenvalue weighted by molar-refractivity contribution is 7.89. The van der Waals surface area contributed by atoms with Crippen molar-refractivity contribution in [1.29, 1.82) is 0 Å². The molecule has 2 heterocycles. The Morgan fingerprint density at radius 1 is 1.23 bits per heavy atom. The lowest BCUT2D eigenvalue weighted by molar-refractivity contribution is -0.122. The van der Waals surface area contributed by atoms with Crippen LogP contribution in [0.5, 0.6) is 0 Å². The molecule has 1 aliphatic rings. The van der Waals surface area contributed by atoms with Gasteiger partial charge in [0.2, 0.25) is 10.0 Å². The summed E-state index contributed by atoms with van der Waals surface area (Å²) in [6, 6.07) is 13.3. The Bertz CT molecular complexity index is 1390. The second-order valence-electron chi connectivity index (χ2n) is 9.15. The van der Waals surface area contributed by atoms with Crippen LogP contribution in [-0.2, 0) is 27.8 Å². The predicted molar refractivity (Wildman–Crippen MR) is 142 cm³/mol. The zero-order valence-electron chi connectivity index (χ0n) is 20.4. The van der Waals surface area contributed by atoms with Crippen molar-refractivity contribution in [2.24, 2.45) is 10.9 Å². The fraction of sp³-hybridized carbons (Fsp3) is 0.407. The van der Waals surface area contributed by atoms with Crippen molar-refractivity contribution in [3.8, 4) is 0 Å². The molecule has 6 nitrogen and oxygen atoms in total. The quantitative estimate of drug-likeness (QED) is 0.397. The van der Waals surface area contributed by atoms with Gasteiger partial charge >= 0.3 is 0 Å². The molecule has 1 amide bonds. The van der Waals surface area contributed by atoms with Crippen LogP contribution in [0, 0.1) is 12.8 Å². The van der Waals surface area contributed by atoms with E-state index in [0.29, 0.717) is 30.7 Å². The molecule has 0 saturated carbocycles. The Hall–Kier alpha value is -2.55. The maximum Gasteiger partial charge on any atom is 0.252 e. The van der Waals surface area contributed by atoms with Gasteiger partial charge in [-0.15, -0.1) is 6.58 Å². The first kappa shape index (κ1) is 25.5. The molecule has 1 unspecified atom stereocenters. The minimum absolute atomic E-state index is 0.159. The molecule has 35 heavy (non-hydrogen) atoms. The topological polar surface area (TPSA) is 71.7 Å². The lowest BCUT2D eigenvalue weighted by Gasteiger charge is -2.30. The van der Waals surface area contributed by atoms with Crippen LogP contribution in [0.25, 0.3) is 10.2 Å². The Morgan fingerprint density at radius 2 is 2.00 bits per heavy atom. The van der Waals surface area contributed by atoms with E-state index in [4.69, 9.17) is 0 Å². The molecule has 0 aliphatic carbocycles. The number of amides is 1. The Kier molecular flexibility index (Phi) is 8.04. The van der Waals surface area contributed by atoms with E-state index in [9.17, 15) is 13.2 Å². The number of carbonyl (C=O) groups is 1. The average molecular weight is 512 g/mol. The van der Waals surface area contributed by atoms with Gasteiger partial charge in [-0.3, -0.25) is 4.79 Å². The van der Waals surface area contributed by atoms with Crippen LogP contribution >= 0.6 is 11.3 Å². The van der Waals surface area contributed by atoms with Gasteiger partial charge in [-0.2, -0.15) is 9.30 Å². The molecule has 186 valence electrons. The first-order chi connectivity index (χ1) is 16.8. The summed E-state index contributed by atoms with van der Waals surface area (Å²) in [6.07, 6.45) is 6.39. The monoisotopic (exact) mass is 511 g/mol. The first-order valence-corrected chi connectivity index (χ1v) is 14.5. The SMILES string of the molecule is C=CCn1c(=NC(=O)C2CCCN(S(=O)(=O)c3ccc(C)cc3)C2)sc2cc(CCCC)ccc21. The summed E-state index contributed by atoms with van der Waals surface area (Å²) in [5.74, 6) is -0.712. The van der Waals surface area contributed by atoms with Crippen LogP contribution in [0.4, 0.5) is 0 Å². The summed E-state index contributed by atoms with van der Waals surface area (Å²) < 4.78 is 30.9. The molecule has 1 aliphatic heterocycles. The fourth-order valence-corrected chi connectivity index (χ4v) is 7.08. The lowest BCUT2D eigenvalue weighted by atomic mass is 9.99. The number of aromatic nitrogens is 1. The van der Waals surface area contributed by atoms with Crippen LogP contribution in [0.2, 0.25) is 0 Å². The number of piperidine rings is 1. The number of thiazole rings is 1. The molecule has 1 atom stereocenters. The number of nitrogens with zero attached hydrogens (tertiary/aromatic N) is 3. The van der Waals surface area contributed by atoms with Crippen molar-refractivity contribution >= 4 is 37.5 Å². The van der Waals surface area contributed by atoms with Crippen LogP contribution in [0.15, 0.2) is 65.0 Å². The summed E-state index contributed by atoms with van der Waals surface area (Å²) in [6.45, 7) is 9.10. The van der Waals surface area contributed by atoms with Crippen LogP contribution in [0.1, 0.15) is 43.7 Å². The molecule has 0 N–H and O–H groups in total. The average Bonchev–Trinajstić information content (AvgIpc) is 3.19. The van der Waals surface area contributed by atoms with Gasteiger partial charge in [-0.25, -0.2) is 8.42 Å². The number of carbonyl (C=O) groups excluding carboxylic acids is 1. The van der Waals surface area contributed by atoms with Crippen molar-refractivity contribution in [1.82, 2.24) is 8.87 Å². The molecule has 0 radical (unpaired) electrons. The summed E-state index contributed by atoms with van der Waals surface area (Å²) in [5, 5.41) is 0. The lowest BCUT2D eigenvalue weighted by Crippen LogP contribution is -2.42. The summed E-state index contributed by atoms with van der Waals surface area (Å²) in [7, 11) is -3.64. The normalized spacial score (nSPS) is 17.7. The van der Waals surface area contributed by atoms with Crippen LogP contribution < -0.4 is 4.80 Å². The van der Waals surface area contributed by atoms with E-state index in [-0.39, 0.29) is 17.3 Å². The summed E-state index contributed by atoms with van der Waals surface area (Å²) in [4.78, 5) is 18.6. The molecule has 0 spiro atoms. The molecule has 0 bridgehead atoms. The number of benzene rings is 2. The van der Waals surface area contributed by atoms with E-state index in [1.807, 2.05) is 11.5 Å². The smallest absolute Gasteiger partial charge is 0.252 e. The molecule has 1 saturated heterocycles. The van der Waals surface area contributed by atoms with Gasteiger partial charge in [0.05, 0.1) is 21.0 Å². The summed E-state index contributed by atoms with van der Waals surface area (Å²) in [5.41, 5.74) is 3.32. The van der Waals surface area contributed by atoms with Gasteiger partial charge in [-0.1, -0.05) is 54.5 Å². The van der Waals surface area contributed by atoms with E-state index in [0.717, 1.165) is 35.0 Å². The molecule has 1 fully saturated rings. The number of fused-ring (bicyclic) bond motifs is 1. The zero-order valence-corrected chi connectivity index (χ0v) is 22.1. The highest BCUT2D eigenvalue weighted by atomic mass is 32.2. The van der Waals surface area contributed by atoms with Crippen molar-refractivity contribution in [3.05, 3.63) is 71.0 Å². The van der Waals surface area contributed by atoms with Gasteiger partial charge in [0.15, 0.2) is 4.80 Å². The molecule has 8 heteroatoms. The Labute approximate surface area is 211 Å². The van der Waals surface area contributed by atoms with Gasteiger partial charge < -0.3 is 4.57 Å². The van der Waals surface area contributed by atoms with E-state index in [1.165, 1.54) is 21.2 Å². The first-order valence-electron chi connectivity index (χ1n) is 12.2. The highest BCUT2D eigenvalue weighted by Gasteiger charge is 2.33. The Balaban J connectivity index is 1.61. The third-order valence-corrected chi connectivity index (χ3v) is 9.40. The van der Waals surface area contributed by atoms with Crippen LogP contribution in [0.3, 0.4) is 0 Å². The minimum atomic E-state index is -3.64. The van der Waals surface area contributed by atoms with Crippen molar-refractivity contribution in [2.75, 3.05) is 13.1 Å². The van der Waals surface area contributed by atoms with E-state index in [1.54, 1.807) is 30.3 Å². The van der Waals surface area contributed by atoms with E-state index in [2.05, 4.69) is 36.7 Å². The maximum absolute atomic E-state index is 13.2. The maximum atomic E-state index is 13.2. The second-order valence-corrected chi connectivity index (χ2v) is 12.1. The van der Waals surface area contributed by atoms with Crippen molar-refractivity contribution < 1.29 is 13.2 Å². The number of unbranched alkanes of at least 4 members (excludes halogenated alkanes) is 1. The number of rotatable bonds is 8. The number of allylic oxidation sites excluding steroid dienone is 1. The van der Waals surface area contributed by atoms with E-state index >= 15 is 0 Å². The molecule has 4 rings (SSSR count).